The number of sulfonamides is 1. The number of rotatable bonds is 3. The molecule has 2 aromatic rings. The van der Waals surface area contributed by atoms with E-state index in [0.717, 1.165) is 3.57 Å². The Morgan fingerprint density at radius 2 is 1.89 bits per heavy atom. The highest BCUT2D eigenvalue weighted by atomic mass is 127. The first-order valence-electron chi connectivity index (χ1n) is 5.12. The highest BCUT2D eigenvalue weighted by Gasteiger charge is 2.15. The molecule has 0 radical (unpaired) electrons. The largest absolute Gasteiger partial charge is 0.278 e. The summed E-state index contributed by atoms with van der Waals surface area (Å²) in [7, 11) is -3.64. The smallest absolute Gasteiger partial charge is 0.261 e. The predicted molar refractivity (Wildman–Crippen MR) is 89.1 cm³/mol. The zero-order valence-corrected chi connectivity index (χ0v) is 14.7. The molecule has 2 rings (SSSR count). The van der Waals surface area contributed by atoms with Crippen molar-refractivity contribution in [2.24, 2.45) is 0 Å². The van der Waals surface area contributed by atoms with Gasteiger partial charge in [-0.2, -0.15) is 0 Å². The summed E-state index contributed by atoms with van der Waals surface area (Å²) in [6, 6.07) is 11.6. The summed E-state index contributed by atoms with van der Waals surface area (Å²) in [6.07, 6.45) is 0. The van der Waals surface area contributed by atoms with Gasteiger partial charge in [0.2, 0.25) is 0 Å². The molecule has 0 saturated carbocycles. The van der Waals surface area contributed by atoms with E-state index in [9.17, 15) is 8.42 Å². The van der Waals surface area contributed by atoms with Gasteiger partial charge in [-0.25, -0.2) is 8.42 Å². The van der Waals surface area contributed by atoms with Crippen LogP contribution in [0.4, 0.5) is 5.69 Å². The quantitative estimate of drug-likeness (QED) is 0.669. The fourth-order valence-corrected chi connectivity index (χ4v) is 4.05. The Morgan fingerprint density at radius 1 is 1.16 bits per heavy atom. The van der Waals surface area contributed by atoms with Gasteiger partial charge in [-0.1, -0.05) is 33.6 Å². The standard InChI is InChI=1S/C12H8BrClINO2S/c13-8-2-1-3-10(6-8)19(17,18)16-12-5-4-9(15)7-11(12)14/h1-7,16H. The van der Waals surface area contributed by atoms with E-state index in [1.165, 1.54) is 12.1 Å². The van der Waals surface area contributed by atoms with Gasteiger partial charge in [0.1, 0.15) is 0 Å². The Labute approximate surface area is 138 Å². The molecular weight excluding hydrogens is 464 g/mol. The van der Waals surface area contributed by atoms with E-state index in [2.05, 4.69) is 43.2 Å². The average Bonchev–Trinajstić information content (AvgIpc) is 2.33. The van der Waals surface area contributed by atoms with Gasteiger partial charge >= 0.3 is 0 Å². The average molecular weight is 473 g/mol. The number of halogens is 3. The van der Waals surface area contributed by atoms with E-state index in [0.29, 0.717) is 15.2 Å². The van der Waals surface area contributed by atoms with Crippen molar-refractivity contribution < 1.29 is 8.42 Å². The lowest BCUT2D eigenvalue weighted by Crippen LogP contribution is -2.13. The third-order valence-corrected chi connectivity index (χ3v) is 5.12. The van der Waals surface area contributed by atoms with Crippen LogP contribution in [0.15, 0.2) is 51.8 Å². The molecule has 3 nitrogen and oxygen atoms in total. The first-order chi connectivity index (χ1) is 8.88. The molecule has 0 aliphatic rings. The normalized spacial score (nSPS) is 11.3. The highest BCUT2D eigenvalue weighted by Crippen LogP contribution is 2.27. The van der Waals surface area contributed by atoms with Crippen molar-refractivity contribution in [2.45, 2.75) is 4.90 Å². The molecule has 0 saturated heterocycles. The SMILES string of the molecule is O=S(=O)(Nc1ccc(I)cc1Cl)c1cccc(Br)c1. The Kier molecular flexibility index (Phi) is 4.75. The van der Waals surface area contributed by atoms with Gasteiger partial charge in [0.15, 0.2) is 0 Å². The lowest BCUT2D eigenvalue weighted by molar-refractivity contribution is 0.601. The van der Waals surface area contributed by atoms with Gasteiger partial charge in [-0.15, -0.1) is 0 Å². The second-order valence-corrected chi connectivity index (χ2v) is 7.94. The molecule has 0 aromatic heterocycles. The van der Waals surface area contributed by atoms with Crippen molar-refractivity contribution in [3.8, 4) is 0 Å². The second kappa shape index (κ2) is 5.99. The molecule has 1 N–H and O–H groups in total. The van der Waals surface area contributed by atoms with Crippen LogP contribution >= 0.6 is 50.1 Å². The summed E-state index contributed by atoms with van der Waals surface area (Å²) in [5, 5.41) is 0.366. The van der Waals surface area contributed by atoms with E-state index >= 15 is 0 Å². The summed E-state index contributed by atoms with van der Waals surface area (Å²) >= 11 is 11.4. The van der Waals surface area contributed by atoms with E-state index < -0.39 is 10.0 Å². The summed E-state index contributed by atoms with van der Waals surface area (Å²) in [5.74, 6) is 0. The molecule has 0 amide bonds. The molecule has 0 fully saturated rings. The van der Waals surface area contributed by atoms with Gasteiger partial charge in [0.25, 0.3) is 10.0 Å². The minimum Gasteiger partial charge on any atom is -0.278 e. The number of hydrogen-bond donors (Lipinski definition) is 1. The van der Waals surface area contributed by atoms with Crippen molar-refractivity contribution in [1.29, 1.82) is 0 Å². The third kappa shape index (κ3) is 3.84. The van der Waals surface area contributed by atoms with Gasteiger partial charge in [0, 0.05) is 8.04 Å². The van der Waals surface area contributed by atoms with Crippen molar-refractivity contribution in [3.05, 3.63) is 55.5 Å². The van der Waals surface area contributed by atoms with Crippen LogP contribution in [0, 0.1) is 3.57 Å². The monoisotopic (exact) mass is 471 g/mol. The summed E-state index contributed by atoms with van der Waals surface area (Å²) in [4.78, 5) is 0.177. The first-order valence-corrected chi connectivity index (χ1v) is 8.85. The maximum absolute atomic E-state index is 12.2. The molecule has 0 heterocycles. The molecule has 2 aromatic carbocycles. The molecule has 0 bridgehead atoms. The van der Waals surface area contributed by atoms with Crippen LogP contribution in [0.2, 0.25) is 5.02 Å². The van der Waals surface area contributed by atoms with Crippen LogP contribution in [-0.4, -0.2) is 8.42 Å². The van der Waals surface area contributed by atoms with Crippen LogP contribution < -0.4 is 4.72 Å². The van der Waals surface area contributed by atoms with Gasteiger partial charge in [-0.3, -0.25) is 4.72 Å². The van der Waals surface area contributed by atoms with Gasteiger partial charge in [-0.05, 0) is 59.0 Å². The van der Waals surface area contributed by atoms with Gasteiger partial charge in [0.05, 0.1) is 15.6 Å². The van der Waals surface area contributed by atoms with E-state index in [-0.39, 0.29) is 4.90 Å². The highest BCUT2D eigenvalue weighted by molar-refractivity contribution is 14.1. The first kappa shape index (κ1) is 15.1. The minimum atomic E-state index is -3.64. The Morgan fingerprint density at radius 3 is 2.53 bits per heavy atom. The lowest BCUT2D eigenvalue weighted by Gasteiger charge is -2.10. The molecule has 0 aliphatic carbocycles. The van der Waals surface area contributed by atoms with Crippen LogP contribution in [0.5, 0.6) is 0 Å². The zero-order chi connectivity index (χ0) is 14.0. The second-order valence-electron chi connectivity index (χ2n) is 3.69. The van der Waals surface area contributed by atoms with Crippen molar-refractivity contribution >= 4 is 65.8 Å². The number of hydrogen-bond acceptors (Lipinski definition) is 2. The van der Waals surface area contributed by atoms with Crippen molar-refractivity contribution in [1.82, 2.24) is 0 Å². The van der Waals surface area contributed by atoms with E-state index in [4.69, 9.17) is 11.6 Å². The van der Waals surface area contributed by atoms with Crippen LogP contribution in [0.1, 0.15) is 0 Å². The number of benzene rings is 2. The Balaban J connectivity index is 2.36. The molecule has 0 spiro atoms. The number of anilines is 1. The topological polar surface area (TPSA) is 46.2 Å². The fraction of sp³-hybridized carbons (Fsp3) is 0. The summed E-state index contributed by atoms with van der Waals surface area (Å²) < 4.78 is 28.5. The Hall–Kier alpha value is -0.310. The van der Waals surface area contributed by atoms with Crippen LogP contribution in [0.3, 0.4) is 0 Å². The van der Waals surface area contributed by atoms with Crippen LogP contribution in [-0.2, 0) is 10.0 Å². The Bertz CT molecular complexity index is 721. The molecule has 19 heavy (non-hydrogen) atoms. The minimum absolute atomic E-state index is 0.177. The summed E-state index contributed by atoms with van der Waals surface area (Å²) in [5.41, 5.74) is 0.363. The van der Waals surface area contributed by atoms with E-state index in [1.54, 1.807) is 30.3 Å². The summed E-state index contributed by atoms with van der Waals surface area (Å²) in [6.45, 7) is 0. The molecule has 0 unspecified atom stereocenters. The van der Waals surface area contributed by atoms with Crippen molar-refractivity contribution in [2.75, 3.05) is 4.72 Å². The number of nitrogens with one attached hydrogen (secondary N) is 1. The fourth-order valence-electron chi connectivity index (χ4n) is 1.41. The van der Waals surface area contributed by atoms with Gasteiger partial charge < -0.3 is 0 Å². The molecule has 0 aliphatic heterocycles. The van der Waals surface area contributed by atoms with Crippen LogP contribution in [0.25, 0.3) is 0 Å². The third-order valence-electron chi connectivity index (χ3n) is 2.28. The van der Waals surface area contributed by atoms with Crippen molar-refractivity contribution in [3.63, 3.8) is 0 Å². The zero-order valence-electron chi connectivity index (χ0n) is 9.40. The van der Waals surface area contributed by atoms with E-state index in [1.807, 2.05) is 0 Å². The molecule has 7 heteroatoms. The molecular formula is C12H8BrClINO2S. The molecule has 0 atom stereocenters. The maximum Gasteiger partial charge on any atom is 0.261 e. The maximum atomic E-state index is 12.2. The molecule has 100 valence electrons. The predicted octanol–water partition coefficient (Wildman–Crippen LogP) is 4.51. The lowest BCUT2D eigenvalue weighted by atomic mass is 10.3.